The molecule has 2 aromatic rings. The van der Waals surface area contributed by atoms with Gasteiger partial charge in [-0.15, -0.1) is 0 Å². The average molecular weight is 393 g/mol. The van der Waals surface area contributed by atoms with Crippen LogP contribution in [0.5, 0.6) is 23.0 Å². The summed E-state index contributed by atoms with van der Waals surface area (Å²) in [6, 6.07) is 9.47. The summed E-state index contributed by atoms with van der Waals surface area (Å²) in [4.78, 5) is 12.1. The van der Waals surface area contributed by atoms with E-state index < -0.39 is 12.5 Å². The van der Waals surface area contributed by atoms with Crippen LogP contribution in [0.1, 0.15) is 12.5 Å². The van der Waals surface area contributed by atoms with E-state index >= 15 is 0 Å². The van der Waals surface area contributed by atoms with E-state index in [0.29, 0.717) is 11.5 Å². The maximum atomic E-state index is 12.5. The first kappa shape index (κ1) is 21.0. The van der Waals surface area contributed by atoms with Crippen molar-refractivity contribution in [3.8, 4) is 23.0 Å². The van der Waals surface area contributed by atoms with Gasteiger partial charge in [0.05, 0.1) is 14.2 Å². The molecular weight excluding hydrogens is 372 g/mol. The largest absolute Gasteiger partial charge is 0.493 e. The highest BCUT2D eigenvalue weighted by Crippen LogP contribution is 2.32. The Morgan fingerprint density at radius 2 is 1.75 bits per heavy atom. The van der Waals surface area contributed by atoms with Crippen molar-refractivity contribution in [3.05, 3.63) is 48.0 Å². The SMILES string of the molecule is C/C=C/c1ccc(OCC(=O)Nc2ccc(OC)c(OC(F)F)c2)c(OC)c1. The first-order chi connectivity index (χ1) is 13.5. The standard InChI is InChI=1S/C20H21F2NO5/c1-4-5-13-6-8-16(17(10-13)26-3)27-12-19(24)23-14-7-9-15(25-2)18(11-14)28-20(21)22/h4-11,20H,12H2,1-3H3,(H,23,24)/b5-4+. The fourth-order valence-corrected chi connectivity index (χ4v) is 2.38. The lowest BCUT2D eigenvalue weighted by Crippen LogP contribution is -2.20. The maximum Gasteiger partial charge on any atom is 0.387 e. The number of allylic oxidation sites excluding steroid dienone is 1. The van der Waals surface area contributed by atoms with E-state index in [4.69, 9.17) is 14.2 Å². The molecule has 0 saturated heterocycles. The van der Waals surface area contributed by atoms with Crippen LogP contribution in [0, 0.1) is 0 Å². The van der Waals surface area contributed by atoms with Crippen molar-refractivity contribution < 1.29 is 32.5 Å². The Morgan fingerprint density at radius 1 is 1.04 bits per heavy atom. The van der Waals surface area contributed by atoms with Crippen molar-refractivity contribution in [1.29, 1.82) is 0 Å². The fourth-order valence-electron chi connectivity index (χ4n) is 2.38. The number of hydrogen-bond acceptors (Lipinski definition) is 5. The van der Waals surface area contributed by atoms with E-state index in [1.807, 2.05) is 25.1 Å². The molecule has 0 aromatic heterocycles. The van der Waals surface area contributed by atoms with Crippen LogP contribution >= 0.6 is 0 Å². The van der Waals surface area contributed by atoms with Gasteiger partial charge < -0.3 is 24.3 Å². The molecule has 0 aliphatic rings. The van der Waals surface area contributed by atoms with E-state index in [-0.39, 0.29) is 23.8 Å². The number of carbonyl (C=O) groups excluding carboxylic acids is 1. The van der Waals surface area contributed by atoms with E-state index in [9.17, 15) is 13.6 Å². The fraction of sp³-hybridized carbons (Fsp3) is 0.250. The molecule has 6 nitrogen and oxygen atoms in total. The van der Waals surface area contributed by atoms with Crippen molar-refractivity contribution in [2.75, 3.05) is 26.1 Å². The first-order valence-electron chi connectivity index (χ1n) is 8.33. The molecule has 0 bridgehead atoms. The normalized spacial score (nSPS) is 10.8. The van der Waals surface area contributed by atoms with E-state index in [2.05, 4.69) is 10.1 Å². The molecule has 1 amide bonds. The van der Waals surface area contributed by atoms with Gasteiger partial charge in [0.15, 0.2) is 29.6 Å². The van der Waals surface area contributed by atoms with Crippen molar-refractivity contribution >= 4 is 17.7 Å². The van der Waals surface area contributed by atoms with Gasteiger partial charge in [0.1, 0.15) is 0 Å². The van der Waals surface area contributed by atoms with Crippen LogP contribution in [0.3, 0.4) is 0 Å². The molecule has 1 N–H and O–H groups in total. The van der Waals surface area contributed by atoms with Gasteiger partial charge in [0, 0.05) is 11.8 Å². The summed E-state index contributed by atoms with van der Waals surface area (Å²) >= 11 is 0. The zero-order valence-corrected chi connectivity index (χ0v) is 15.7. The molecule has 0 aliphatic carbocycles. The molecule has 0 aliphatic heterocycles. The number of benzene rings is 2. The van der Waals surface area contributed by atoms with Crippen LogP contribution in [0.25, 0.3) is 6.08 Å². The van der Waals surface area contributed by atoms with Crippen LogP contribution in [-0.2, 0) is 4.79 Å². The lowest BCUT2D eigenvalue weighted by molar-refractivity contribution is -0.118. The number of carbonyl (C=O) groups is 1. The third-order valence-corrected chi connectivity index (χ3v) is 3.57. The Morgan fingerprint density at radius 3 is 2.39 bits per heavy atom. The third-order valence-electron chi connectivity index (χ3n) is 3.57. The Labute approximate surface area is 161 Å². The summed E-state index contributed by atoms with van der Waals surface area (Å²) in [6.45, 7) is -1.41. The number of alkyl halides is 2. The van der Waals surface area contributed by atoms with Gasteiger partial charge in [0.25, 0.3) is 5.91 Å². The Kier molecular flexibility index (Phi) is 7.62. The van der Waals surface area contributed by atoms with Gasteiger partial charge >= 0.3 is 6.61 Å². The molecule has 28 heavy (non-hydrogen) atoms. The van der Waals surface area contributed by atoms with E-state index in [1.54, 1.807) is 12.1 Å². The van der Waals surface area contributed by atoms with E-state index in [0.717, 1.165) is 5.56 Å². The van der Waals surface area contributed by atoms with E-state index in [1.165, 1.54) is 32.4 Å². The molecule has 150 valence electrons. The number of nitrogens with one attached hydrogen (secondary N) is 1. The lowest BCUT2D eigenvalue weighted by Gasteiger charge is -2.13. The maximum absolute atomic E-state index is 12.5. The third kappa shape index (κ3) is 5.87. The predicted molar refractivity (Wildman–Crippen MR) is 101 cm³/mol. The van der Waals surface area contributed by atoms with Crippen LogP contribution in [0.4, 0.5) is 14.5 Å². The number of rotatable bonds is 9. The molecule has 2 aromatic carbocycles. The molecule has 0 atom stereocenters. The summed E-state index contributed by atoms with van der Waals surface area (Å²) in [5.74, 6) is 0.355. The molecule has 0 spiro atoms. The molecular formula is C20H21F2NO5. The number of methoxy groups -OCH3 is 2. The molecule has 0 saturated carbocycles. The number of ether oxygens (including phenoxy) is 4. The quantitative estimate of drug-likeness (QED) is 0.686. The topological polar surface area (TPSA) is 66.0 Å². The van der Waals surface area contributed by atoms with Crippen molar-refractivity contribution in [1.82, 2.24) is 0 Å². The number of amides is 1. The predicted octanol–water partition coefficient (Wildman–Crippen LogP) is 4.36. The highest BCUT2D eigenvalue weighted by Gasteiger charge is 2.13. The van der Waals surface area contributed by atoms with Crippen LogP contribution < -0.4 is 24.3 Å². The molecule has 0 fully saturated rings. The molecule has 0 heterocycles. The molecule has 2 rings (SSSR count). The van der Waals surface area contributed by atoms with Gasteiger partial charge in [-0.1, -0.05) is 18.2 Å². The van der Waals surface area contributed by atoms with Crippen molar-refractivity contribution in [2.45, 2.75) is 13.5 Å². The second kappa shape index (κ2) is 10.1. The Balaban J connectivity index is 2.03. The number of halogens is 2. The van der Waals surface area contributed by atoms with Gasteiger partial charge in [0.2, 0.25) is 0 Å². The van der Waals surface area contributed by atoms with Crippen LogP contribution in [-0.4, -0.2) is 33.3 Å². The summed E-state index contributed by atoms with van der Waals surface area (Å²) in [5, 5.41) is 2.55. The van der Waals surface area contributed by atoms with Gasteiger partial charge in [-0.05, 0) is 36.8 Å². The Hall–Kier alpha value is -3.29. The van der Waals surface area contributed by atoms with Crippen LogP contribution in [0.2, 0.25) is 0 Å². The minimum Gasteiger partial charge on any atom is -0.493 e. The summed E-state index contributed by atoms with van der Waals surface area (Å²) in [5.41, 5.74) is 1.20. The van der Waals surface area contributed by atoms with Crippen molar-refractivity contribution in [2.24, 2.45) is 0 Å². The zero-order chi connectivity index (χ0) is 20.5. The molecule has 0 unspecified atom stereocenters. The average Bonchev–Trinajstić information content (AvgIpc) is 2.67. The van der Waals surface area contributed by atoms with Gasteiger partial charge in [-0.2, -0.15) is 8.78 Å². The second-order valence-electron chi connectivity index (χ2n) is 5.49. The van der Waals surface area contributed by atoms with Gasteiger partial charge in [-0.25, -0.2) is 0 Å². The van der Waals surface area contributed by atoms with Crippen molar-refractivity contribution in [3.63, 3.8) is 0 Å². The van der Waals surface area contributed by atoms with Crippen LogP contribution in [0.15, 0.2) is 42.5 Å². The Bertz CT molecular complexity index is 839. The summed E-state index contributed by atoms with van der Waals surface area (Å²) in [6.07, 6.45) is 3.80. The lowest BCUT2D eigenvalue weighted by atomic mass is 10.2. The monoisotopic (exact) mass is 393 g/mol. The zero-order valence-electron chi connectivity index (χ0n) is 15.7. The minimum absolute atomic E-state index is 0.125. The summed E-state index contributed by atoms with van der Waals surface area (Å²) < 4.78 is 45.1. The highest BCUT2D eigenvalue weighted by atomic mass is 19.3. The minimum atomic E-state index is -3.01. The number of anilines is 1. The highest BCUT2D eigenvalue weighted by molar-refractivity contribution is 5.92. The number of hydrogen-bond donors (Lipinski definition) is 1. The molecule has 0 radical (unpaired) electrons. The van der Waals surface area contributed by atoms with Gasteiger partial charge in [-0.3, -0.25) is 4.79 Å². The smallest absolute Gasteiger partial charge is 0.387 e. The summed E-state index contributed by atoms with van der Waals surface area (Å²) in [7, 11) is 2.83. The second-order valence-corrected chi connectivity index (χ2v) is 5.49. The molecule has 8 heteroatoms. The first-order valence-corrected chi connectivity index (χ1v) is 8.33.